The number of carbonyl (C=O) groups is 1. The van der Waals surface area contributed by atoms with Gasteiger partial charge in [0.1, 0.15) is 0 Å². The first-order chi connectivity index (χ1) is 7.15. The standard InChI is InChI=1S/C9H8Br2N2OS/c10-7-5-6(8(11)15-7)9(14)13-4-2-1-3-12/h5H,1-2,4H2,(H,13,14). The second-order valence-electron chi connectivity index (χ2n) is 2.76. The number of unbranched alkanes of at least 4 members (excludes halogenated alkanes) is 1. The summed E-state index contributed by atoms with van der Waals surface area (Å²) >= 11 is 8.09. The van der Waals surface area contributed by atoms with Gasteiger partial charge in [0.05, 0.1) is 19.2 Å². The van der Waals surface area contributed by atoms with Crippen LogP contribution in [0.1, 0.15) is 23.2 Å². The summed E-state index contributed by atoms with van der Waals surface area (Å²) in [7, 11) is 0. The molecule has 0 aliphatic carbocycles. The van der Waals surface area contributed by atoms with E-state index < -0.39 is 0 Å². The van der Waals surface area contributed by atoms with Crippen LogP contribution in [-0.4, -0.2) is 12.5 Å². The molecule has 0 aromatic carbocycles. The maximum atomic E-state index is 11.6. The Morgan fingerprint density at radius 3 is 2.87 bits per heavy atom. The Balaban J connectivity index is 2.48. The minimum absolute atomic E-state index is 0.109. The zero-order chi connectivity index (χ0) is 11.3. The third-order valence-corrected chi connectivity index (χ3v) is 3.99. The number of carbonyl (C=O) groups excluding carboxylic acids is 1. The highest BCUT2D eigenvalue weighted by atomic mass is 79.9. The Bertz CT molecular complexity index is 397. The highest BCUT2D eigenvalue weighted by Gasteiger charge is 2.12. The molecule has 80 valence electrons. The van der Waals surface area contributed by atoms with Gasteiger partial charge in [0.15, 0.2) is 0 Å². The second kappa shape index (κ2) is 6.26. The Hall–Kier alpha value is -0.380. The number of nitrogens with one attached hydrogen (secondary N) is 1. The molecule has 0 atom stereocenters. The van der Waals surface area contributed by atoms with Crippen LogP contribution < -0.4 is 5.32 Å². The van der Waals surface area contributed by atoms with Crippen molar-refractivity contribution in [3.05, 3.63) is 19.2 Å². The van der Waals surface area contributed by atoms with Crippen LogP contribution in [0.2, 0.25) is 0 Å². The summed E-state index contributed by atoms with van der Waals surface area (Å²) in [6.07, 6.45) is 1.15. The molecule has 1 rings (SSSR count). The molecule has 1 N–H and O–H groups in total. The van der Waals surface area contributed by atoms with Crippen molar-refractivity contribution in [3.8, 4) is 6.07 Å². The summed E-state index contributed by atoms with van der Waals surface area (Å²) in [5, 5.41) is 11.1. The van der Waals surface area contributed by atoms with Gasteiger partial charge >= 0.3 is 0 Å². The van der Waals surface area contributed by atoms with E-state index in [1.807, 2.05) is 6.07 Å². The van der Waals surface area contributed by atoms with Crippen LogP contribution in [0, 0.1) is 11.3 Å². The normalized spacial score (nSPS) is 9.67. The molecule has 0 aliphatic heterocycles. The molecular formula is C9H8Br2N2OS. The fourth-order valence-corrected chi connectivity index (χ4v) is 3.75. The molecular weight excluding hydrogens is 344 g/mol. The number of rotatable bonds is 4. The molecule has 0 aliphatic rings. The van der Waals surface area contributed by atoms with Crippen LogP contribution in [0.4, 0.5) is 0 Å². The Morgan fingerprint density at radius 2 is 2.33 bits per heavy atom. The van der Waals surface area contributed by atoms with Crippen molar-refractivity contribution in [2.24, 2.45) is 0 Å². The summed E-state index contributed by atoms with van der Waals surface area (Å²) < 4.78 is 1.73. The van der Waals surface area contributed by atoms with Crippen LogP contribution in [0.3, 0.4) is 0 Å². The topological polar surface area (TPSA) is 52.9 Å². The van der Waals surface area contributed by atoms with Gasteiger partial charge in [0.2, 0.25) is 0 Å². The smallest absolute Gasteiger partial charge is 0.253 e. The molecule has 1 aromatic rings. The predicted octanol–water partition coefficient (Wildman–Crippen LogP) is 3.31. The largest absolute Gasteiger partial charge is 0.352 e. The van der Waals surface area contributed by atoms with E-state index in [2.05, 4.69) is 37.2 Å². The van der Waals surface area contributed by atoms with Crippen molar-refractivity contribution in [1.29, 1.82) is 5.26 Å². The number of nitrogens with zero attached hydrogens (tertiary/aromatic N) is 1. The van der Waals surface area contributed by atoms with Crippen molar-refractivity contribution >= 4 is 49.1 Å². The highest BCUT2D eigenvalue weighted by molar-refractivity contribution is 9.12. The lowest BCUT2D eigenvalue weighted by molar-refractivity contribution is 0.0953. The molecule has 0 spiro atoms. The molecule has 0 radical (unpaired) electrons. The minimum atomic E-state index is -0.109. The average molecular weight is 352 g/mol. The van der Waals surface area contributed by atoms with Gasteiger partial charge in [-0.1, -0.05) is 0 Å². The highest BCUT2D eigenvalue weighted by Crippen LogP contribution is 2.31. The van der Waals surface area contributed by atoms with Gasteiger partial charge < -0.3 is 5.32 Å². The number of nitriles is 1. The van der Waals surface area contributed by atoms with E-state index in [1.54, 1.807) is 6.07 Å². The first kappa shape index (κ1) is 12.7. The van der Waals surface area contributed by atoms with E-state index in [-0.39, 0.29) is 5.91 Å². The van der Waals surface area contributed by atoms with Crippen molar-refractivity contribution in [3.63, 3.8) is 0 Å². The molecule has 0 bridgehead atoms. The number of hydrogen-bond acceptors (Lipinski definition) is 3. The van der Waals surface area contributed by atoms with Crippen LogP contribution in [0.15, 0.2) is 13.6 Å². The monoisotopic (exact) mass is 350 g/mol. The first-order valence-electron chi connectivity index (χ1n) is 4.25. The van der Waals surface area contributed by atoms with Crippen molar-refractivity contribution in [2.75, 3.05) is 6.54 Å². The molecule has 1 amide bonds. The Labute approximate surface area is 109 Å². The summed E-state index contributed by atoms with van der Waals surface area (Å²) in [5.41, 5.74) is 0.629. The average Bonchev–Trinajstić information content (AvgIpc) is 2.52. The van der Waals surface area contributed by atoms with Crippen molar-refractivity contribution in [1.82, 2.24) is 5.32 Å². The van der Waals surface area contributed by atoms with Gasteiger partial charge in [0.25, 0.3) is 5.91 Å². The van der Waals surface area contributed by atoms with E-state index in [9.17, 15) is 4.79 Å². The first-order valence-corrected chi connectivity index (χ1v) is 6.65. The molecule has 0 fully saturated rings. The lowest BCUT2D eigenvalue weighted by Crippen LogP contribution is -2.24. The lowest BCUT2D eigenvalue weighted by atomic mass is 10.3. The molecule has 1 heterocycles. The van der Waals surface area contributed by atoms with Crippen molar-refractivity contribution < 1.29 is 4.79 Å². The third-order valence-electron chi connectivity index (χ3n) is 1.65. The second-order valence-corrected chi connectivity index (χ2v) is 6.50. The molecule has 1 aromatic heterocycles. The quantitative estimate of drug-likeness (QED) is 0.846. The lowest BCUT2D eigenvalue weighted by Gasteiger charge is -2.01. The molecule has 0 saturated carbocycles. The molecule has 0 unspecified atom stereocenters. The van der Waals surface area contributed by atoms with E-state index in [4.69, 9.17) is 5.26 Å². The van der Waals surface area contributed by atoms with Crippen molar-refractivity contribution in [2.45, 2.75) is 12.8 Å². The predicted molar refractivity (Wildman–Crippen MR) is 66.9 cm³/mol. The fourth-order valence-electron chi connectivity index (χ4n) is 0.960. The molecule has 6 heteroatoms. The maximum Gasteiger partial charge on any atom is 0.253 e. The number of amides is 1. The summed E-state index contributed by atoms with van der Waals surface area (Å²) in [5.74, 6) is -0.109. The van der Waals surface area contributed by atoms with Crippen LogP contribution in [0.5, 0.6) is 0 Å². The Kier molecular flexibility index (Phi) is 5.29. The maximum absolute atomic E-state index is 11.6. The van der Waals surface area contributed by atoms with Gasteiger partial charge in [-0.2, -0.15) is 5.26 Å². The number of thiophene rings is 1. The van der Waals surface area contributed by atoms with E-state index in [0.29, 0.717) is 24.9 Å². The molecule has 15 heavy (non-hydrogen) atoms. The summed E-state index contributed by atoms with van der Waals surface area (Å²) in [6, 6.07) is 3.80. The van der Waals surface area contributed by atoms with Crippen LogP contribution in [0.25, 0.3) is 0 Å². The zero-order valence-electron chi connectivity index (χ0n) is 7.72. The minimum Gasteiger partial charge on any atom is -0.352 e. The number of hydrogen-bond donors (Lipinski definition) is 1. The Morgan fingerprint density at radius 1 is 1.60 bits per heavy atom. The third kappa shape index (κ3) is 3.93. The van der Waals surface area contributed by atoms with E-state index in [1.165, 1.54) is 11.3 Å². The van der Waals surface area contributed by atoms with E-state index >= 15 is 0 Å². The number of halogens is 2. The van der Waals surface area contributed by atoms with Gasteiger partial charge in [0, 0.05) is 13.0 Å². The van der Waals surface area contributed by atoms with Crippen LogP contribution >= 0.6 is 43.2 Å². The van der Waals surface area contributed by atoms with Gasteiger partial charge in [-0.15, -0.1) is 11.3 Å². The van der Waals surface area contributed by atoms with E-state index in [0.717, 1.165) is 7.57 Å². The van der Waals surface area contributed by atoms with Gasteiger partial charge in [-0.3, -0.25) is 4.79 Å². The van der Waals surface area contributed by atoms with Gasteiger partial charge in [-0.05, 0) is 44.3 Å². The summed E-state index contributed by atoms with van der Waals surface area (Å²) in [6.45, 7) is 0.534. The van der Waals surface area contributed by atoms with Crippen LogP contribution in [-0.2, 0) is 0 Å². The molecule has 3 nitrogen and oxygen atoms in total. The fraction of sp³-hybridized carbons (Fsp3) is 0.333. The SMILES string of the molecule is N#CCCCNC(=O)c1cc(Br)sc1Br. The molecule has 0 saturated heterocycles. The van der Waals surface area contributed by atoms with Gasteiger partial charge in [-0.25, -0.2) is 0 Å². The zero-order valence-corrected chi connectivity index (χ0v) is 11.7. The summed E-state index contributed by atoms with van der Waals surface area (Å²) in [4.78, 5) is 11.6.